The Kier molecular flexibility index (Phi) is 11.2. The number of ketones is 1. The zero-order valence-corrected chi connectivity index (χ0v) is 18.8. The van der Waals surface area contributed by atoms with Crippen molar-refractivity contribution in [1.29, 1.82) is 0 Å². The smallest absolute Gasteiger partial charge is 0.339 e. The molecule has 0 radical (unpaired) electrons. The van der Waals surface area contributed by atoms with E-state index in [4.69, 9.17) is 5.11 Å². The summed E-state index contributed by atoms with van der Waals surface area (Å²) in [6.45, 7) is 3.27. The van der Waals surface area contributed by atoms with E-state index in [0.717, 1.165) is 0 Å². The van der Waals surface area contributed by atoms with E-state index in [1.54, 1.807) is 9.80 Å². The molecule has 0 aromatic rings. The quantitative estimate of drug-likeness (QED) is 0.248. The Morgan fingerprint density at radius 1 is 0.667 bits per heavy atom. The molecule has 1 saturated heterocycles. The van der Waals surface area contributed by atoms with Crippen LogP contribution in [0.25, 0.3) is 0 Å². The van der Waals surface area contributed by atoms with Gasteiger partial charge in [-0.2, -0.15) is 0 Å². The zero-order valence-electron chi connectivity index (χ0n) is 17.0. The molecule has 1 aliphatic rings. The molecule has 1 fully saturated rings. The van der Waals surface area contributed by atoms with Crippen LogP contribution < -0.4 is 0 Å². The normalized spacial score (nSPS) is 20.4. The number of carboxylic acid groups (broad SMARTS) is 1. The molecule has 0 saturated carbocycles. The highest BCUT2D eigenvalue weighted by atomic mass is 31.2. The predicted octanol–water partition coefficient (Wildman–Crippen LogP) is -1.85. The molecule has 0 aliphatic carbocycles. The number of hydrogen-bond donors (Lipinski definition) is 5. The van der Waals surface area contributed by atoms with Crippen molar-refractivity contribution < 1.29 is 43.4 Å². The minimum Gasteiger partial charge on any atom is -0.480 e. The minimum atomic E-state index is -4.37. The summed E-state index contributed by atoms with van der Waals surface area (Å²) in [5.74, 6) is -1.11. The molecule has 1 aliphatic heterocycles. The van der Waals surface area contributed by atoms with Crippen molar-refractivity contribution in [1.82, 2.24) is 19.6 Å². The van der Waals surface area contributed by atoms with Crippen LogP contribution in [0.3, 0.4) is 0 Å². The SMILES string of the molecule is CC(=O)CN1CCN(CC(=O)O)CCN(CP(=O)(O)O)CCN(CP(=O)(O)O)CC1. The van der Waals surface area contributed by atoms with Gasteiger partial charge < -0.3 is 24.7 Å². The Balaban J connectivity index is 3.00. The van der Waals surface area contributed by atoms with Crippen LogP contribution in [0.2, 0.25) is 0 Å². The molecule has 0 aromatic carbocycles. The number of carbonyl (C=O) groups excluding carboxylic acids is 1. The number of carboxylic acids is 1. The van der Waals surface area contributed by atoms with Gasteiger partial charge in [-0.3, -0.25) is 38.3 Å². The molecule has 1 rings (SSSR count). The van der Waals surface area contributed by atoms with Crippen molar-refractivity contribution in [3.8, 4) is 0 Å². The van der Waals surface area contributed by atoms with Crippen LogP contribution in [0.1, 0.15) is 6.92 Å². The lowest BCUT2D eigenvalue weighted by Gasteiger charge is -2.33. The van der Waals surface area contributed by atoms with E-state index in [-0.39, 0.29) is 51.6 Å². The maximum atomic E-state index is 11.6. The summed E-state index contributed by atoms with van der Waals surface area (Å²) in [6, 6.07) is 0. The number of hydrogen-bond acceptors (Lipinski definition) is 8. The second-order valence-electron chi connectivity index (χ2n) is 7.50. The second-order valence-corrected chi connectivity index (χ2v) is 10.7. The van der Waals surface area contributed by atoms with Crippen molar-refractivity contribution in [2.45, 2.75) is 6.92 Å². The first-order chi connectivity index (χ1) is 13.7. The molecule has 0 aromatic heterocycles. The summed E-state index contributed by atoms with van der Waals surface area (Å²) < 4.78 is 22.9. The lowest BCUT2D eigenvalue weighted by Crippen LogP contribution is -2.47. The summed E-state index contributed by atoms with van der Waals surface area (Å²) in [5, 5.41) is 9.13. The van der Waals surface area contributed by atoms with Crippen LogP contribution in [0.15, 0.2) is 0 Å². The summed E-state index contributed by atoms with van der Waals surface area (Å²) in [6.07, 6.45) is -1.04. The molecule has 30 heavy (non-hydrogen) atoms. The highest BCUT2D eigenvalue weighted by Crippen LogP contribution is 2.36. The van der Waals surface area contributed by atoms with Gasteiger partial charge in [0.15, 0.2) is 0 Å². The molecule has 0 amide bonds. The molecule has 0 unspecified atom stereocenters. The summed E-state index contributed by atoms with van der Waals surface area (Å²) in [5.41, 5.74) is 0. The first-order valence-electron chi connectivity index (χ1n) is 9.43. The van der Waals surface area contributed by atoms with Gasteiger partial charge >= 0.3 is 21.2 Å². The maximum absolute atomic E-state index is 11.6. The fraction of sp³-hybridized carbons (Fsp3) is 0.867. The summed E-state index contributed by atoms with van der Waals surface area (Å²) in [7, 11) is -8.72. The molecular weight excluding hydrogens is 442 g/mol. The Morgan fingerprint density at radius 3 is 1.23 bits per heavy atom. The van der Waals surface area contributed by atoms with E-state index >= 15 is 0 Å². The highest BCUT2D eigenvalue weighted by Gasteiger charge is 2.25. The van der Waals surface area contributed by atoms with Gasteiger partial charge in [0, 0.05) is 52.4 Å². The van der Waals surface area contributed by atoms with Crippen LogP contribution in [-0.4, -0.2) is 134 Å². The molecular formula is C15H32N4O9P2. The van der Waals surface area contributed by atoms with Crippen molar-refractivity contribution >= 4 is 26.9 Å². The molecule has 15 heteroatoms. The van der Waals surface area contributed by atoms with E-state index < -0.39 is 33.7 Å². The summed E-state index contributed by atoms with van der Waals surface area (Å²) in [4.78, 5) is 66.5. The van der Waals surface area contributed by atoms with Crippen LogP contribution in [0, 0.1) is 0 Å². The van der Waals surface area contributed by atoms with Gasteiger partial charge in [0.05, 0.1) is 13.1 Å². The summed E-state index contributed by atoms with van der Waals surface area (Å²) >= 11 is 0. The van der Waals surface area contributed by atoms with Crippen LogP contribution in [0.4, 0.5) is 0 Å². The number of aliphatic carboxylic acids is 1. The average Bonchev–Trinajstić information content (AvgIpc) is 2.54. The second kappa shape index (κ2) is 12.4. The fourth-order valence-electron chi connectivity index (χ4n) is 3.20. The first-order valence-corrected chi connectivity index (χ1v) is 13.0. The van der Waals surface area contributed by atoms with Crippen LogP contribution in [-0.2, 0) is 18.7 Å². The van der Waals surface area contributed by atoms with Gasteiger partial charge in [-0.05, 0) is 6.92 Å². The average molecular weight is 474 g/mol. The molecule has 0 atom stereocenters. The van der Waals surface area contributed by atoms with Crippen molar-refractivity contribution in [3.05, 3.63) is 0 Å². The van der Waals surface area contributed by atoms with Gasteiger partial charge in [-0.1, -0.05) is 0 Å². The molecule has 0 spiro atoms. The standard InChI is InChI=1S/C15H32N4O9P2/c1-14(20)10-16-2-3-17(11-15(21)22)5-7-19(13-30(26,27)28)9-8-18(6-4-16)12-29(23,24)25/h2-13H2,1H3,(H,21,22)(H2,23,24,25)(H2,26,27,28). The Morgan fingerprint density at radius 2 is 0.967 bits per heavy atom. The minimum absolute atomic E-state index is 0.0822. The van der Waals surface area contributed by atoms with E-state index in [1.807, 2.05) is 0 Å². The van der Waals surface area contributed by atoms with Crippen molar-refractivity contribution in [3.63, 3.8) is 0 Å². The van der Waals surface area contributed by atoms with Gasteiger partial charge in [0.2, 0.25) is 0 Å². The van der Waals surface area contributed by atoms with Crippen molar-refractivity contribution in [2.75, 3.05) is 78.0 Å². The maximum Gasteiger partial charge on any atom is 0.339 e. The lowest BCUT2D eigenvalue weighted by molar-refractivity contribution is -0.138. The lowest BCUT2D eigenvalue weighted by atomic mass is 10.3. The van der Waals surface area contributed by atoms with Gasteiger partial charge in [0.25, 0.3) is 0 Å². The zero-order chi connectivity index (χ0) is 22.9. The number of carbonyl (C=O) groups is 2. The third kappa shape index (κ3) is 13.6. The third-order valence-corrected chi connectivity index (χ3v) is 6.04. The van der Waals surface area contributed by atoms with Gasteiger partial charge in [0.1, 0.15) is 18.4 Å². The van der Waals surface area contributed by atoms with E-state index in [9.17, 15) is 38.3 Å². The molecule has 1 heterocycles. The highest BCUT2D eigenvalue weighted by molar-refractivity contribution is 7.51. The number of nitrogens with zero attached hydrogens (tertiary/aromatic N) is 4. The Hall–Kier alpha value is -0.720. The van der Waals surface area contributed by atoms with E-state index in [1.165, 1.54) is 16.7 Å². The Bertz CT molecular complexity index is 612. The topological polar surface area (TPSA) is 182 Å². The number of rotatable bonds is 8. The van der Waals surface area contributed by atoms with Crippen LogP contribution >= 0.6 is 15.2 Å². The van der Waals surface area contributed by atoms with Crippen molar-refractivity contribution in [2.24, 2.45) is 0 Å². The van der Waals surface area contributed by atoms with Gasteiger partial charge in [-0.15, -0.1) is 0 Å². The molecule has 5 N–H and O–H groups in total. The fourth-order valence-corrected chi connectivity index (χ4v) is 4.81. The third-order valence-electron chi connectivity index (χ3n) is 4.50. The molecule has 0 bridgehead atoms. The largest absolute Gasteiger partial charge is 0.480 e. The first kappa shape index (κ1) is 27.3. The molecule has 176 valence electrons. The van der Waals surface area contributed by atoms with E-state index in [0.29, 0.717) is 19.6 Å². The monoisotopic (exact) mass is 474 g/mol. The van der Waals surface area contributed by atoms with Crippen LogP contribution in [0.5, 0.6) is 0 Å². The van der Waals surface area contributed by atoms with Gasteiger partial charge in [-0.25, -0.2) is 0 Å². The Labute approximate surface area is 175 Å². The van der Waals surface area contributed by atoms with E-state index in [2.05, 4.69) is 0 Å². The number of Topliss-reactive ketones (excluding diaryl/α,β-unsaturated/α-hetero) is 1. The molecule has 13 nitrogen and oxygen atoms in total. The predicted molar refractivity (Wildman–Crippen MR) is 108 cm³/mol.